The van der Waals surface area contributed by atoms with Crippen molar-refractivity contribution in [2.24, 2.45) is 0 Å². The van der Waals surface area contributed by atoms with Gasteiger partial charge in [0, 0.05) is 19.9 Å². The minimum absolute atomic E-state index is 0.440. The molecule has 1 aromatic heterocycles. The molecule has 0 saturated carbocycles. The third-order valence-electron chi connectivity index (χ3n) is 3.20. The Hall–Kier alpha value is -1.76. The van der Waals surface area contributed by atoms with Crippen molar-refractivity contribution in [2.75, 3.05) is 7.11 Å². The van der Waals surface area contributed by atoms with Gasteiger partial charge in [-0.15, -0.1) is 0 Å². The van der Waals surface area contributed by atoms with Crippen molar-refractivity contribution in [1.29, 1.82) is 0 Å². The van der Waals surface area contributed by atoms with Gasteiger partial charge in [0.2, 0.25) is 5.28 Å². The molecular formula is C17H19ClN2O. The molecule has 3 nitrogen and oxygen atoms in total. The predicted molar refractivity (Wildman–Crippen MR) is 85.5 cm³/mol. The number of aromatic nitrogens is 2. The molecule has 0 radical (unpaired) electrons. The minimum Gasteiger partial charge on any atom is -0.366 e. The molecule has 1 heterocycles. The first-order chi connectivity index (χ1) is 9.89. The van der Waals surface area contributed by atoms with Gasteiger partial charge in [-0.25, -0.2) is 4.98 Å². The normalized spacial score (nSPS) is 11.1. The number of ether oxygens (including phenoxy) is 1. The summed E-state index contributed by atoms with van der Waals surface area (Å²) in [6, 6.07) is 8.35. The molecule has 0 N–H and O–H groups in total. The summed E-state index contributed by atoms with van der Waals surface area (Å²) in [4.78, 5) is 4.26. The summed E-state index contributed by atoms with van der Waals surface area (Å²) in [6.07, 6.45) is 1.86. The molecule has 0 aliphatic heterocycles. The molecule has 21 heavy (non-hydrogen) atoms. The van der Waals surface area contributed by atoms with E-state index in [0.29, 0.717) is 17.5 Å². The van der Waals surface area contributed by atoms with Crippen molar-refractivity contribution in [1.82, 2.24) is 9.55 Å². The topological polar surface area (TPSA) is 27.1 Å². The molecule has 1 aromatic carbocycles. The van der Waals surface area contributed by atoms with E-state index < -0.39 is 5.60 Å². The standard InChI is InChI=1S/C17H19ClN2O/c1-13-5-7-14(8-6-13)11-20-12-15(19-16(20)18)9-10-17(2,3)21-4/h5-8,12H,11H2,1-4H3. The SMILES string of the molecule is COC(C)(C)C#Cc1cn(Cc2ccc(C)cc2)c(Cl)n1. The highest BCUT2D eigenvalue weighted by Gasteiger charge is 2.11. The Morgan fingerprint density at radius 2 is 1.95 bits per heavy atom. The van der Waals surface area contributed by atoms with Gasteiger partial charge in [0.15, 0.2) is 0 Å². The third-order valence-corrected chi connectivity index (χ3v) is 3.50. The highest BCUT2D eigenvalue weighted by molar-refractivity contribution is 6.28. The fourth-order valence-electron chi connectivity index (χ4n) is 1.72. The van der Waals surface area contributed by atoms with Crippen LogP contribution < -0.4 is 0 Å². The average molecular weight is 303 g/mol. The number of imidazole rings is 1. The van der Waals surface area contributed by atoms with Gasteiger partial charge in [-0.3, -0.25) is 0 Å². The van der Waals surface area contributed by atoms with Crippen LogP contribution in [0.3, 0.4) is 0 Å². The number of aryl methyl sites for hydroxylation is 1. The number of hydrogen-bond donors (Lipinski definition) is 0. The van der Waals surface area contributed by atoms with Crippen LogP contribution in [0.25, 0.3) is 0 Å². The Morgan fingerprint density at radius 1 is 1.29 bits per heavy atom. The van der Waals surface area contributed by atoms with Gasteiger partial charge in [0.1, 0.15) is 11.3 Å². The molecule has 4 heteroatoms. The fourth-order valence-corrected chi connectivity index (χ4v) is 1.92. The van der Waals surface area contributed by atoms with Crippen molar-refractivity contribution in [3.05, 3.63) is 52.6 Å². The van der Waals surface area contributed by atoms with Crippen LogP contribution in [0.4, 0.5) is 0 Å². The van der Waals surface area contributed by atoms with E-state index in [2.05, 4.69) is 48.0 Å². The molecule has 0 unspecified atom stereocenters. The van der Waals surface area contributed by atoms with Crippen LogP contribution in [-0.2, 0) is 11.3 Å². The first kappa shape index (κ1) is 15.6. The maximum atomic E-state index is 6.16. The summed E-state index contributed by atoms with van der Waals surface area (Å²) in [6.45, 7) is 6.57. The Kier molecular flexibility index (Phi) is 4.72. The van der Waals surface area contributed by atoms with Crippen molar-refractivity contribution in [3.63, 3.8) is 0 Å². The van der Waals surface area contributed by atoms with Crippen LogP contribution in [0.2, 0.25) is 5.28 Å². The van der Waals surface area contributed by atoms with Crippen LogP contribution in [-0.4, -0.2) is 22.3 Å². The maximum Gasteiger partial charge on any atom is 0.204 e. The van der Waals surface area contributed by atoms with Gasteiger partial charge in [-0.2, -0.15) is 0 Å². The number of halogens is 1. The van der Waals surface area contributed by atoms with Crippen molar-refractivity contribution in [3.8, 4) is 11.8 Å². The van der Waals surface area contributed by atoms with E-state index in [-0.39, 0.29) is 0 Å². The van der Waals surface area contributed by atoms with E-state index in [4.69, 9.17) is 16.3 Å². The van der Waals surface area contributed by atoms with Gasteiger partial charge in [0.05, 0.1) is 0 Å². The Morgan fingerprint density at radius 3 is 2.57 bits per heavy atom. The summed E-state index contributed by atoms with van der Waals surface area (Å²) < 4.78 is 7.15. The van der Waals surface area contributed by atoms with Crippen LogP contribution >= 0.6 is 11.6 Å². The summed E-state index contributed by atoms with van der Waals surface area (Å²) in [5.41, 5.74) is 2.57. The maximum absolute atomic E-state index is 6.16. The van der Waals surface area contributed by atoms with Crippen LogP contribution in [0, 0.1) is 18.8 Å². The lowest BCUT2D eigenvalue weighted by Gasteiger charge is -2.13. The molecular weight excluding hydrogens is 284 g/mol. The number of methoxy groups -OCH3 is 1. The van der Waals surface area contributed by atoms with Gasteiger partial charge in [0.25, 0.3) is 0 Å². The zero-order valence-electron chi connectivity index (χ0n) is 12.8. The number of hydrogen-bond acceptors (Lipinski definition) is 2. The van der Waals surface area contributed by atoms with Crippen LogP contribution in [0.1, 0.15) is 30.7 Å². The van der Waals surface area contributed by atoms with Crippen molar-refractivity contribution < 1.29 is 4.74 Å². The Labute approximate surface area is 130 Å². The lowest BCUT2D eigenvalue weighted by molar-refractivity contribution is 0.0741. The van der Waals surface area contributed by atoms with Gasteiger partial charge >= 0.3 is 0 Å². The highest BCUT2D eigenvalue weighted by atomic mass is 35.5. The van der Waals surface area contributed by atoms with E-state index in [1.165, 1.54) is 11.1 Å². The zero-order valence-corrected chi connectivity index (χ0v) is 13.5. The molecule has 0 aliphatic carbocycles. The number of rotatable bonds is 3. The zero-order chi connectivity index (χ0) is 15.5. The van der Waals surface area contributed by atoms with Crippen LogP contribution in [0.15, 0.2) is 30.5 Å². The molecule has 0 bridgehead atoms. The van der Waals surface area contributed by atoms with E-state index in [1.54, 1.807) is 7.11 Å². The van der Waals surface area contributed by atoms with Crippen molar-refractivity contribution in [2.45, 2.75) is 32.9 Å². The second-order valence-corrected chi connectivity index (χ2v) is 5.81. The minimum atomic E-state index is -0.493. The lowest BCUT2D eigenvalue weighted by Crippen LogP contribution is -2.19. The third kappa shape index (κ3) is 4.35. The monoisotopic (exact) mass is 302 g/mol. The molecule has 0 fully saturated rings. The number of nitrogens with zero attached hydrogens (tertiary/aromatic N) is 2. The predicted octanol–water partition coefficient (Wildman–Crippen LogP) is 3.67. The molecule has 2 aromatic rings. The second-order valence-electron chi connectivity index (χ2n) is 5.47. The van der Waals surface area contributed by atoms with Gasteiger partial charge in [-0.1, -0.05) is 35.7 Å². The second kappa shape index (κ2) is 6.34. The molecule has 0 saturated heterocycles. The molecule has 0 atom stereocenters. The van der Waals surface area contributed by atoms with Crippen LogP contribution in [0.5, 0.6) is 0 Å². The van der Waals surface area contributed by atoms with E-state index in [0.717, 1.165) is 0 Å². The smallest absolute Gasteiger partial charge is 0.204 e. The summed E-state index contributed by atoms with van der Waals surface area (Å²) in [7, 11) is 1.64. The first-order valence-electron chi connectivity index (χ1n) is 6.76. The number of benzene rings is 1. The fraction of sp³-hybridized carbons (Fsp3) is 0.353. The highest BCUT2D eigenvalue weighted by Crippen LogP contribution is 2.13. The van der Waals surface area contributed by atoms with Gasteiger partial charge < -0.3 is 9.30 Å². The lowest BCUT2D eigenvalue weighted by atomic mass is 10.1. The molecule has 0 amide bonds. The molecule has 0 aliphatic rings. The van der Waals surface area contributed by atoms with Gasteiger partial charge in [-0.05, 0) is 43.9 Å². The largest absolute Gasteiger partial charge is 0.366 e. The van der Waals surface area contributed by atoms with Crippen molar-refractivity contribution >= 4 is 11.6 Å². The summed E-state index contributed by atoms with van der Waals surface area (Å²) in [5.74, 6) is 6.03. The first-order valence-corrected chi connectivity index (χ1v) is 7.14. The van der Waals surface area contributed by atoms with E-state index in [1.807, 2.05) is 24.6 Å². The quantitative estimate of drug-likeness (QED) is 0.809. The summed E-state index contributed by atoms with van der Waals surface area (Å²) in [5, 5.41) is 0.440. The molecule has 0 spiro atoms. The Bertz CT molecular complexity index is 675. The van der Waals surface area contributed by atoms with E-state index >= 15 is 0 Å². The molecule has 2 rings (SSSR count). The van der Waals surface area contributed by atoms with E-state index in [9.17, 15) is 0 Å². The Balaban J connectivity index is 2.18. The molecule has 110 valence electrons. The average Bonchev–Trinajstić information content (AvgIpc) is 2.80. The summed E-state index contributed by atoms with van der Waals surface area (Å²) >= 11 is 6.16.